The van der Waals surface area contributed by atoms with Gasteiger partial charge in [-0.2, -0.15) is 5.10 Å². The molecule has 3 aromatic rings. The van der Waals surface area contributed by atoms with Gasteiger partial charge in [0, 0.05) is 13.1 Å². The molecule has 2 aromatic carbocycles. The van der Waals surface area contributed by atoms with Gasteiger partial charge in [0.05, 0.1) is 29.7 Å². The number of carbonyl (C=O) groups excluding carboxylic acids is 2. The summed E-state index contributed by atoms with van der Waals surface area (Å²) in [6.07, 6.45) is 0. The molecule has 0 aliphatic rings. The highest BCUT2D eigenvalue weighted by Gasteiger charge is 2.28. The van der Waals surface area contributed by atoms with Crippen LogP contribution < -0.4 is 4.74 Å². The van der Waals surface area contributed by atoms with Crippen molar-refractivity contribution in [3.63, 3.8) is 0 Å². The van der Waals surface area contributed by atoms with Gasteiger partial charge in [0.2, 0.25) is 0 Å². The van der Waals surface area contributed by atoms with E-state index in [0.717, 1.165) is 17.0 Å². The van der Waals surface area contributed by atoms with Crippen molar-refractivity contribution in [3.8, 4) is 11.4 Å². The number of ketones is 1. The van der Waals surface area contributed by atoms with Crippen LogP contribution in [0.4, 0.5) is 0 Å². The largest absolute Gasteiger partial charge is 0.497 e. The molecule has 6 heteroatoms. The van der Waals surface area contributed by atoms with Gasteiger partial charge >= 0.3 is 0 Å². The first-order valence-corrected chi connectivity index (χ1v) is 9.54. The van der Waals surface area contributed by atoms with E-state index in [4.69, 9.17) is 4.74 Å². The van der Waals surface area contributed by atoms with E-state index in [1.54, 1.807) is 23.6 Å². The molecular weight excluding hydrogens is 366 g/mol. The quantitative estimate of drug-likeness (QED) is 0.455. The maximum Gasteiger partial charge on any atom is 0.295 e. The predicted octanol–water partition coefficient (Wildman–Crippen LogP) is 3.73. The molecule has 0 unspecified atom stereocenters. The third-order valence-electron chi connectivity index (χ3n) is 4.91. The lowest BCUT2D eigenvalue weighted by atomic mass is 10.1. The second-order valence-corrected chi connectivity index (χ2v) is 6.79. The number of para-hydroxylation sites is 1. The first kappa shape index (κ1) is 20.3. The standard InChI is InChI=1S/C23H25N3O3/c1-5-25(15-18-11-13-20(29-4)14-12-18)23(28)22(27)21-16(2)24-26(17(21)3)19-9-7-6-8-10-19/h6-14H,5,15H2,1-4H3. The molecule has 0 N–H and O–H groups in total. The molecule has 3 rings (SSSR count). The van der Waals surface area contributed by atoms with E-state index in [-0.39, 0.29) is 0 Å². The molecule has 0 radical (unpaired) electrons. The summed E-state index contributed by atoms with van der Waals surface area (Å²) in [6.45, 7) is 6.22. The fraction of sp³-hybridized carbons (Fsp3) is 0.261. The fourth-order valence-corrected chi connectivity index (χ4v) is 3.32. The molecule has 1 heterocycles. The van der Waals surface area contributed by atoms with Crippen molar-refractivity contribution in [2.24, 2.45) is 0 Å². The number of likely N-dealkylation sites (N-methyl/N-ethyl adjacent to an activating group) is 1. The van der Waals surface area contributed by atoms with Gasteiger partial charge in [-0.15, -0.1) is 0 Å². The number of Topliss-reactive ketones (excluding diaryl/α,β-unsaturated/α-hetero) is 1. The van der Waals surface area contributed by atoms with Crippen LogP contribution >= 0.6 is 0 Å². The first-order chi connectivity index (χ1) is 14.0. The minimum absolute atomic E-state index is 0.357. The van der Waals surface area contributed by atoms with E-state index in [1.807, 2.05) is 68.4 Å². The molecule has 0 saturated heterocycles. The lowest BCUT2D eigenvalue weighted by Gasteiger charge is -2.20. The van der Waals surface area contributed by atoms with Crippen molar-refractivity contribution in [1.82, 2.24) is 14.7 Å². The van der Waals surface area contributed by atoms with Crippen LogP contribution in [-0.2, 0) is 11.3 Å². The van der Waals surface area contributed by atoms with Gasteiger partial charge in [-0.05, 0) is 50.6 Å². The summed E-state index contributed by atoms with van der Waals surface area (Å²) in [5, 5.41) is 4.48. The number of amides is 1. The van der Waals surface area contributed by atoms with Gasteiger partial charge in [0.25, 0.3) is 11.7 Å². The Hall–Kier alpha value is -3.41. The number of methoxy groups -OCH3 is 1. The van der Waals surface area contributed by atoms with Crippen molar-refractivity contribution in [2.75, 3.05) is 13.7 Å². The van der Waals surface area contributed by atoms with E-state index < -0.39 is 11.7 Å². The van der Waals surface area contributed by atoms with Crippen LogP contribution in [0.5, 0.6) is 5.75 Å². The van der Waals surface area contributed by atoms with Crippen molar-refractivity contribution in [1.29, 1.82) is 0 Å². The van der Waals surface area contributed by atoms with Crippen molar-refractivity contribution >= 4 is 11.7 Å². The maximum absolute atomic E-state index is 13.1. The lowest BCUT2D eigenvalue weighted by Crippen LogP contribution is -2.36. The number of carbonyl (C=O) groups is 2. The van der Waals surface area contributed by atoms with Gasteiger partial charge in [-0.25, -0.2) is 4.68 Å². The molecule has 0 spiro atoms. The van der Waals surface area contributed by atoms with Crippen molar-refractivity contribution in [2.45, 2.75) is 27.3 Å². The summed E-state index contributed by atoms with van der Waals surface area (Å²) in [4.78, 5) is 27.6. The van der Waals surface area contributed by atoms with Crippen molar-refractivity contribution < 1.29 is 14.3 Å². The van der Waals surface area contributed by atoms with Gasteiger partial charge in [-0.1, -0.05) is 30.3 Å². The van der Waals surface area contributed by atoms with Crippen LogP contribution in [0.1, 0.15) is 34.2 Å². The number of aryl methyl sites for hydroxylation is 1. The Morgan fingerprint density at radius 2 is 1.69 bits per heavy atom. The Balaban J connectivity index is 1.84. The third kappa shape index (κ3) is 4.21. The number of nitrogens with zero attached hydrogens (tertiary/aromatic N) is 3. The smallest absolute Gasteiger partial charge is 0.295 e. The average molecular weight is 391 g/mol. The van der Waals surface area contributed by atoms with E-state index in [9.17, 15) is 9.59 Å². The molecule has 6 nitrogen and oxygen atoms in total. The van der Waals surface area contributed by atoms with Crippen LogP contribution in [0.25, 0.3) is 5.69 Å². The fourth-order valence-electron chi connectivity index (χ4n) is 3.32. The molecule has 0 saturated carbocycles. The molecule has 0 bridgehead atoms. The molecule has 0 aliphatic carbocycles. The highest BCUT2D eigenvalue weighted by Crippen LogP contribution is 2.20. The predicted molar refractivity (Wildman–Crippen MR) is 111 cm³/mol. The Labute approximate surface area is 170 Å². The highest BCUT2D eigenvalue weighted by molar-refractivity contribution is 6.43. The minimum atomic E-state index is -0.530. The number of aromatic nitrogens is 2. The average Bonchev–Trinajstić information content (AvgIpc) is 3.06. The molecule has 0 atom stereocenters. The molecule has 0 fully saturated rings. The zero-order valence-electron chi connectivity index (χ0n) is 17.2. The van der Waals surface area contributed by atoms with Gasteiger partial charge in [0.15, 0.2) is 0 Å². The molecule has 1 aromatic heterocycles. The Bertz CT molecular complexity index is 1010. The second kappa shape index (κ2) is 8.73. The number of benzene rings is 2. The van der Waals surface area contributed by atoms with Crippen molar-refractivity contribution in [3.05, 3.63) is 77.1 Å². The Morgan fingerprint density at radius 1 is 1.03 bits per heavy atom. The maximum atomic E-state index is 13.1. The van der Waals surface area contributed by atoms with Crippen LogP contribution in [-0.4, -0.2) is 40.0 Å². The normalized spacial score (nSPS) is 10.6. The zero-order chi connectivity index (χ0) is 21.0. The summed E-state index contributed by atoms with van der Waals surface area (Å²) in [5.41, 5.74) is 3.36. The molecule has 150 valence electrons. The van der Waals surface area contributed by atoms with Gasteiger partial charge < -0.3 is 9.64 Å². The van der Waals surface area contributed by atoms with Crippen LogP contribution in [0.2, 0.25) is 0 Å². The van der Waals surface area contributed by atoms with E-state index in [0.29, 0.717) is 30.0 Å². The molecule has 1 amide bonds. The first-order valence-electron chi connectivity index (χ1n) is 9.54. The summed E-state index contributed by atoms with van der Waals surface area (Å²) >= 11 is 0. The summed E-state index contributed by atoms with van der Waals surface area (Å²) < 4.78 is 6.87. The number of rotatable bonds is 7. The Morgan fingerprint density at radius 3 is 2.28 bits per heavy atom. The van der Waals surface area contributed by atoms with E-state index >= 15 is 0 Å². The van der Waals surface area contributed by atoms with Crippen LogP contribution in [0.3, 0.4) is 0 Å². The van der Waals surface area contributed by atoms with Gasteiger partial charge in [0.1, 0.15) is 5.75 Å². The van der Waals surface area contributed by atoms with E-state index in [2.05, 4.69) is 5.10 Å². The highest BCUT2D eigenvalue weighted by atomic mass is 16.5. The topological polar surface area (TPSA) is 64.4 Å². The number of ether oxygens (including phenoxy) is 1. The second-order valence-electron chi connectivity index (χ2n) is 6.79. The monoisotopic (exact) mass is 391 g/mol. The van der Waals surface area contributed by atoms with E-state index in [1.165, 1.54) is 0 Å². The lowest BCUT2D eigenvalue weighted by molar-refractivity contribution is -0.126. The molecule has 0 aliphatic heterocycles. The summed E-state index contributed by atoms with van der Waals surface area (Å²) in [6, 6.07) is 17.0. The van der Waals surface area contributed by atoms with Crippen LogP contribution in [0, 0.1) is 13.8 Å². The number of hydrogen-bond acceptors (Lipinski definition) is 4. The molecule has 29 heavy (non-hydrogen) atoms. The summed E-state index contributed by atoms with van der Waals surface area (Å²) in [7, 11) is 1.61. The third-order valence-corrected chi connectivity index (χ3v) is 4.91. The number of hydrogen-bond donors (Lipinski definition) is 0. The SMILES string of the molecule is CCN(Cc1ccc(OC)cc1)C(=O)C(=O)c1c(C)nn(-c2ccccc2)c1C. The zero-order valence-corrected chi connectivity index (χ0v) is 17.2. The summed E-state index contributed by atoms with van der Waals surface area (Å²) in [5.74, 6) is -0.307. The Kier molecular flexibility index (Phi) is 6.12. The van der Waals surface area contributed by atoms with Gasteiger partial charge in [-0.3, -0.25) is 9.59 Å². The molecular formula is C23H25N3O3. The minimum Gasteiger partial charge on any atom is -0.497 e. The van der Waals surface area contributed by atoms with Crippen LogP contribution in [0.15, 0.2) is 54.6 Å².